The summed E-state index contributed by atoms with van der Waals surface area (Å²) in [5.74, 6) is -1.62. The van der Waals surface area contributed by atoms with Gasteiger partial charge in [-0.15, -0.1) is 10.2 Å². The number of hydrogen-bond donors (Lipinski definition) is 3. The molecule has 0 atom stereocenters. The van der Waals surface area contributed by atoms with Crippen LogP contribution in [0.4, 0.5) is 30.6 Å². The fraction of sp³-hybridized carbons (Fsp3) is 0.174. The van der Waals surface area contributed by atoms with Crippen LogP contribution in [0.1, 0.15) is 21.8 Å². The molecule has 1 amide bonds. The van der Waals surface area contributed by atoms with E-state index in [1.54, 1.807) is 30.4 Å². The van der Waals surface area contributed by atoms with E-state index in [1.807, 2.05) is 6.07 Å². The van der Waals surface area contributed by atoms with Crippen LogP contribution in [0.25, 0.3) is 11.5 Å². The van der Waals surface area contributed by atoms with Crippen molar-refractivity contribution >= 4 is 23.4 Å². The molecule has 176 valence electrons. The van der Waals surface area contributed by atoms with Crippen LogP contribution in [0, 0.1) is 0 Å². The zero-order chi connectivity index (χ0) is 24.4. The van der Waals surface area contributed by atoms with Crippen molar-refractivity contribution in [2.24, 2.45) is 0 Å². The number of benzene rings is 1. The third kappa shape index (κ3) is 4.84. The number of anilines is 3. The van der Waals surface area contributed by atoms with Gasteiger partial charge in [-0.2, -0.15) is 18.2 Å². The van der Waals surface area contributed by atoms with Crippen LogP contribution in [0.2, 0.25) is 0 Å². The van der Waals surface area contributed by atoms with Crippen LogP contribution >= 0.6 is 0 Å². The van der Waals surface area contributed by atoms with E-state index in [1.165, 1.54) is 6.20 Å². The van der Waals surface area contributed by atoms with E-state index in [0.29, 0.717) is 24.2 Å². The van der Waals surface area contributed by atoms with Crippen LogP contribution in [0.5, 0.6) is 0 Å². The number of fused-ring (bicyclic) bond motifs is 1. The molecule has 2 aliphatic rings. The van der Waals surface area contributed by atoms with Crippen molar-refractivity contribution < 1.29 is 22.4 Å². The van der Waals surface area contributed by atoms with Crippen LogP contribution in [0.15, 0.2) is 64.1 Å². The lowest BCUT2D eigenvalue weighted by molar-refractivity contribution is -0.156. The smallest absolute Gasteiger partial charge is 0.412 e. The molecule has 3 N–H and O–H groups in total. The highest BCUT2D eigenvalue weighted by Gasteiger charge is 2.38. The summed E-state index contributed by atoms with van der Waals surface area (Å²) >= 11 is 0. The monoisotopic (exact) mass is 479 g/mol. The second kappa shape index (κ2) is 8.94. The summed E-state index contributed by atoms with van der Waals surface area (Å²) in [5, 5.41) is 15.5. The number of amides is 1. The van der Waals surface area contributed by atoms with E-state index in [9.17, 15) is 18.0 Å². The summed E-state index contributed by atoms with van der Waals surface area (Å²) in [6, 6.07) is 5.26. The number of hydrogen-bond acceptors (Lipinski definition) is 8. The summed E-state index contributed by atoms with van der Waals surface area (Å²) in [6.45, 7) is 0.807. The van der Waals surface area contributed by atoms with E-state index in [-0.39, 0.29) is 35.7 Å². The molecule has 3 heterocycles. The fourth-order valence-electron chi connectivity index (χ4n) is 3.49. The number of rotatable bonds is 6. The van der Waals surface area contributed by atoms with Gasteiger partial charge in [-0.25, -0.2) is 4.98 Å². The Hall–Kier alpha value is -4.66. The topological polar surface area (TPSA) is 118 Å². The lowest BCUT2D eigenvalue weighted by atomic mass is 10.00. The Labute approximate surface area is 196 Å². The third-order valence-corrected chi connectivity index (χ3v) is 5.13. The van der Waals surface area contributed by atoms with Gasteiger partial charge in [-0.3, -0.25) is 4.79 Å². The molecule has 0 saturated carbocycles. The molecule has 0 bridgehead atoms. The van der Waals surface area contributed by atoms with E-state index >= 15 is 0 Å². The predicted molar refractivity (Wildman–Crippen MR) is 119 cm³/mol. The lowest BCUT2D eigenvalue weighted by Crippen LogP contribution is -2.31. The van der Waals surface area contributed by atoms with Gasteiger partial charge in [0.05, 0.1) is 5.56 Å². The molecule has 1 aliphatic carbocycles. The zero-order valence-corrected chi connectivity index (χ0v) is 17.9. The minimum Gasteiger partial charge on any atom is -0.412 e. The molecule has 12 heteroatoms. The first kappa shape index (κ1) is 22.1. The van der Waals surface area contributed by atoms with Crippen molar-refractivity contribution in [3.63, 3.8) is 0 Å². The van der Waals surface area contributed by atoms with Gasteiger partial charge in [0.2, 0.25) is 5.95 Å². The molecule has 0 unspecified atom stereocenters. The van der Waals surface area contributed by atoms with Gasteiger partial charge >= 0.3 is 12.1 Å². The quantitative estimate of drug-likeness (QED) is 0.457. The number of nitrogens with zero attached hydrogens (tertiary/aromatic N) is 4. The molecular formula is C23H16F3N7O2. The lowest BCUT2D eigenvalue weighted by Gasteiger charge is -2.17. The normalized spacial score (nSPS) is 14.4. The highest BCUT2D eigenvalue weighted by Crippen LogP contribution is 2.33. The Morgan fingerprint density at radius 2 is 2.09 bits per heavy atom. The molecule has 1 aromatic carbocycles. The van der Waals surface area contributed by atoms with Crippen LogP contribution < -0.4 is 16.0 Å². The molecule has 5 rings (SSSR count). The minimum absolute atomic E-state index is 0.0978. The summed E-state index contributed by atoms with van der Waals surface area (Å²) in [6.07, 6.45) is 2.48. The number of halogens is 3. The SMILES string of the molecule is O=C1NCCc2cc(Nc3ncc(-c4nnc(C(F)(F)F)o4)c(NCC4=C=C=CC=C4)n3)ccc21. The van der Waals surface area contributed by atoms with Crippen molar-refractivity contribution in [1.29, 1.82) is 0 Å². The summed E-state index contributed by atoms with van der Waals surface area (Å²) < 4.78 is 43.7. The first-order chi connectivity index (χ1) is 16.9. The molecule has 0 fully saturated rings. The van der Waals surface area contributed by atoms with Gasteiger partial charge in [0.15, 0.2) is 0 Å². The number of allylic oxidation sites excluding steroid dienone is 2. The van der Waals surface area contributed by atoms with Crippen molar-refractivity contribution in [3.8, 4) is 11.5 Å². The maximum absolute atomic E-state index is 13.0. The molecular weight excluding hydrogens is 463 g/mol. The molecule has 9 nitrogen and oxygen atoms in total. The van der Waals surface area contributed by atoms with Crippen molar-refractivity contribution in [2.45, 2.75) is 12.6 Å². The molecule has 2 aromatic heterocycles. The summed E-state index contributed by atoms with van der Waals surface area (Å²) in [4.78, 5) is 20.6. The molecule has 35 heavy (non-hydrogen) atoms. The molecule has 3 aromatic rings. The Kier molecular flexibility index (Phi) is 5.66. The fourth-order valence-corrected chi connectivity index (χ4v) is 3.49. The van der Waals surface area contributed by atoms with Gasteiger partial charge in [-0.1, -0.05) is 17.5 Å². The zero-order valence-electron chi connectivity index (χ0n) is 17.9. The Bertz CT molecular complexity index is 1450. The first-order valence-electron chi connectivity index (χ1n) is 10.4. The Morgan fingerprint density at radius 1 is 1.20 bits per heavy atom. The predicted octanol–water partition coefficient (Wildman–Crippen LogP) is 3.79. The molecule has 0 spiro atoms. The van der Waals surface area contributed by atoms with Crippen molar-refractivity contribution in [1.82, 2.24) is 25.5 Å². The third-order valence-electron chi connectivity index (χ3n) is 5.13. The molecule has 0 saturated heterocycles. The number of alkyl halides is 3. The van der Waals surface area contributed by atoms with E-state index in [4.69, 9.17) is 4.42 Å². The Balaban J connectivity index is 1.46. The standard InChI is InChI=1S/C23H16F3N7O2/c24-23(25,26)21-33-32-20(35-21)17-12-29-22(31-18(17)28-11-13-4-2-1-3-5-13)30-15-6-7-16-14(10-15)8-9-27-19(16)34/h1-2,4,6-7,10,12H,8-9,11H2,(H,27,34)(H2,28,29,30,31). The highest BCUT2D eigenvalue weighted by molar-refractivity contribution is 5.97. The first-order valence-corrected chi connectivity index (χ1v) is 10.4. The average Bonchev–Trinajstić information content (AvgIpc) is 3.35. The Morgan fingerprint density at radius 3 is 2.86 bits per heavy atom. The summed E-state index contributed by atoms with van der Waals surface area (Å²) in [7, 11) is 0. The number of carbonyl (C=O) groups excluding carboxylic acids is 1. The maximum atomic E-state index is 13.0. The van der Waals surface area contributed by atoms with E-state index in [2.05, 4.69) is 47.6 Å². The van der Waals surface area contributed by atoms with Crippen LogP contribution in [0.3, 0.4) is 0 Å². The minimum atomic E-state index is -4.78. The largest absolute Gasteiger partial charge is 0.470 e. The number of aromatic nitrogens is 4. The highest BCUT2D eigenvalue weighted by atomic mass is 19.4. The van der Waals surface area contributed by atoms with Crippen LogP contribution in [-0.4, -0.2) is 39.2 Å². The van der Waals surface area contributed by atoms with Gasteiger partial charge in [0.25, 0.3) is 11.8 Å². The maximum Gasteiger partial charge on any atom is 0.470 e. The van der Waals surface area contributed by atoms with E-state index < -0.39 is 12.1 Å². The van der Waals surface area contributed by atoms with Gasteiger partial charge in [0, 0.05) is 36.1 Å². The van der Waals surface area contributed by atoms with Crippen molar-refractivity contribution in [2.75, 3.05) is 23.7 Å². The van der Waals surface area contributed by atoms with E-state index in [0.717, 1.165) is 11.1 Å². The average molecular weight is 479 g/mol. The van der Waals surface area contributed by atoms with Gasteiger partial charge in [-0.05, 0) is 42.3 Å². The number of nitrogens with one attached hydrogen (secondary N) is 3. The summed E-state index contributed by atoms with van der Waals surface area (Å²) in [5.41, 5.74) is 8.75. The second-order valence-corrected chi connectivity index (χ2v) is 7.54. The molecule has 0 radical (unpaired) electrons. The van der Waals surface area contributed by atoms with Gasteiger partial charge < -0.3 is 20.4 Å². The van der Waals surface area contributed by atoms with Crippen LogP contribution in [-0.2, 0) is 12.6 Å². The second-order valence-electron chi connectivity index (χ2n) is 7.54. The van der Waals surface area contributed by atoms with Gasteiger partial charge in [0.1, 0.15) is 5.82 Å². The number of carbonyl (C=O) groups is 1. The van der Waals surface area contributed by atoms with Crippen molar-refractivity contribution in [3.05, 3.63) is 76.7 Å². The molecule has 1 aliphatic heterocycles.